The number of rotatable bonds is 8. The number of nitrogens with zero attached hydrogens (tertiary/aromatic N) is 2. The summed E-state index contributed by atoms with van der Waals surface area (Å²) in [7, 11) is 3.25. The van der Waals surface area contributed by atoms with Crippen molar-refractivity contribution in [1.29, 1.82) is 0 Å². The summed E-state index contributed by atoms with van der Waals surface area (Å²) < 4.78 is 10.6. The maximum absolute atomic E-state index is 5.74. The molecule has 9 heteroatoms. The monoisotopic (exact) mass is 443 g/mol. The molecule has 3 rings (SSSR count). The summed E-state index contributed by atoms with van der Waals surface area (Å²) in [5.74, 6) is 2.05. The zero-order valence-electron chi connectivity index (χ0n) is 16.6. The fourth-order valence-corrected chi connectivity index (χ4v) is 3.02. The molecule has 0 unspecified atom stereocenters. The second kappa shape index (κ2) is 10.6. The Morgan fingerprint density at radius 2 is 1.67 bits per heavy atom. The van der Waals surface area contributed by atoms with Gasteiger partial charge in [0, 0.05) is 17.9 Å². The zero-order valence-corrected chi connectivity index (χ0v) is 18.2. The fraction of sp³-hybridized carbons (Fsp3) is 0.190. The Labute approximate surface area is 185 Å². The van der Waals surface area contributed by atoms with E-state index in [-0.39, 0.29) is 0 Å². The summed E-state index contributed by atoms with van der Waals surface area (Å²) in [5, 5.41) is 18.2. The number of nitrogens with one attached hydrogen (secondary N) is 3. The van der Waals surface area contributed by atoms with Crippen LogP contribution < -0.4 is 25.4 Å². The van der Waals surface area contributed by atoms with Gasteiger partial charge >= 0.3 is 0 Å². The average molecular weight is 444 g/mol. The van der Waals surface area contributed by atoms with Crippen LogP contribution >= 0.6 is 23.8 Å². The van der Waals surface area contributed by atoms with Crippen molar-refractivity contribution in [2.75, 3.05) is 31.4 Å². The molecule has 0 aliphatic heterocycles. The minimum absolute atomic E-state index is 0.354. The van der Waals surface area contributed by atoms with Crippen LogP contribution in [-0.4, -0.2) is 36.1 Å². The summed E-state index contributed by atoms with van der Waals surface area (Å²) in [6, 6.07) is 17.0. The molecule has 0 saturated heterocycles. The van der Waals surface area contributed by atoms with Crippen molar-refractivity contribution in [3.63, 3.8) is 0 Å². The van der Waals surface area contributed by atoms with E-state index in [4.69, 9.17) is 33.3 Å². The maximum Gasteiger partial charge on any atom is 0.170 e. The van der Waals surface area contributed by atoms with Gasteiger partial charge in [0.05, 0.1) is 14.2 Å². The van der Waals surface area contributed by atoms with Gasteiger partial charge < -0.3 is 25.4 Å². The van der Waals surface area contributed by atoms with Crippen LogP contribution in [0.25, 0.3) is 0 Å². The van der Waals surface area contributed by atoms with Gasteiger partial charge in [-0.3, -0.25) is 0 Å². The molecule has 30 heavy (non-hydrogen) atoms. The maximum atomic E-state index is 5.74. The summed E-state index contributed by atoms with van der Waals surface area (Å²) >= 11 is 11.1. The highest BCUT2D eigenvalue weighted by molar-refractivity contribution is 7.80. The third kappa shape index (κ3) is 6.20. The van der Waals surface area contributed by atoms with Crippen LogP contribution in [0.5, 0.6) is 11.5 Å². The first-order chi connectivity index (χ1) is 14.6. The molecular formula is C21H22ClN5O2S. The molecule has 0 saturated carbocycles. The molecule has 0 bridgehead atoms. The number of thiocarbonyl (C=S) groups is 1. The third-order valence-electron chi connectivity index (χ3n) is 4.19. The first-order valence-electron chi connectivity index (χ1n) is 9.19. The van der Waals surface area contributed by atoms with Gasteiger partial charge in [0.25, 0.3) is 0 Å². The Morgan fingerprint density at radius 3 is 2.33 bits per heavy atom. The van der Waals surface area contributed by atoms with Crippen LogP contribution in [0, 0.1) is 0 Å². The lowest BCUT2D eigenvalue weighted by atomic mass is 10.1. The Bertz CT molecular complexity index is 984. The standard InChI is InChI=1S/C21H22ClN5O2S/c1-28-17-8-3-14(13-18(17)29-2)11-12-23-21(30)25-16-6-4-15(5-7-16)24-20-10-9-19(22)26-27-20/h3-10,13H,11-12H2,1-2H3,(H,24,27)(H2,23,25,30). The molecule has 0 spiro atoms. The number of hydrogen-bond acceptors (Lipinski definition) is 6. The number of benzene rings is 2. The van der Waals surface area contributed by atoms with Gasteiger partial charge in [0.2, 0.25) is 0 Å². The van der Waals surface area contributed by atoms with Gasteiger partial charge in [-0.25, -0.2) is 0 Å². The first-order valence-corrected chi connectivity index (χ1v) is 9.98. The van der Waals surface area contributed by atoms with Crippen molar-refractivity contribution in [3.8, 4) is 11.5 Å². The molecule has 1 heterocycles. The van der Waals surface area contributed by atoms with Crippen LogP contribution in [0.15, 0.2) is 54.6 Å². The van der Waals surface area contributed by atoms with Crippen LogP contribution in [0.1, 0.15) is 5.56 Å². The topological polar surface area (TPSA) is 80.3 Å². The van der Waals surface area contributed by atoms with Gasteiger partial charge in [-0.15, -0.1) is 10.2 Å². The predicted molar refractivity (Wildman–Crippen MR) is 124 cm³/mol. The lowest BCUT2D eigenvalue weighted by Gasteiger charge is -2.12. The number of halogens is 1. The molecule has 0 amide bonds. The highest BCUT2D eigenvalue weighted by Crippen LogP contribution is 2.27. The smallest absolute Gasteiger partial charge is 0.170 e. The van der Waals surface area contributed by atoms with E-state index in [0.717, 1.165) is 23.4 Å². The van der Waals surface area contributed by atoms with Crippen LogP contribution in [-0.2, 0) is 6.42 Å². The molecule has 7 nitrogen and oxygen atoms in total. The number of methoxy groups -OCH3 is 2. The molecule has 0 fully saturated rings. The van der Waals surface area contributed by atoms with Crippen molar-refractivity contribution in [2.24, 2.45) is 0 Å². The van der Waals surface area contributed by atoms with Crippen molar-refractivity contribution in [1.82, 2.24) is 15.5 Å². The predicted octanol–water partition coefficient (Wildman–Crippen LogP) is 4.42. The quantitative estimate of drug-likeness (QED) is 0.441. The van der Waals surface area contributed by atoms with E-state index in [1.807, 2.05) is 42.5 Å². The Kier molecular flexibility index (Phi) is 7.64. The fourth-order valence-electron chi connectivity index (χ4n) is 2.70. The SMILES string of the molecule is COc1ccc(CCNC(=S)Nc2ccc(Nc3ccc(Cl)nn3)cc2)cc1OC. The van der Waals surface area contributed by atoms with Crippen LogP contribution in [0.2, 0.25) is 5.15 Å². The Hall–Kier alpha value is -3.10. The molecular weight excluding hydrogens is 422 g/mol. The minimum atomic E-state index is 0.354. The number of aromatic nitrogens is 2. The number of ether oxygens (including phenoxy) is 2. The van der Waals surface area contributed by atoms with Crippen molar-refractivity contribution >= 4 is 46.1 Å². The zero-order chi connectivity index (χ0) is 21.3. The van der Waals surface area contributed by atoms with Gasteiger partial charge in [0.15, 0.2) is 27.6 Å². The molecule has 0 atom stereocenters. The molecule has 2 aromatic carbocycles. The van der Waals surface area contributed by atoms with E-state index < -0.39 is 0 Å². The van der Waals surface area contributed by atoms with Gasteiger partial charge in [0.1, 0.15) is 0 Å². The lowest BCUT2D eigenvalue weighted by molar-refractivity contribution is 0.354. The van der Waals surface area contributed by atoms with Crippen LogP contribution in [0.3, 0.4) is 0 Å². The largest absolute Gasteiger partial charge is 0.493 e. The van der Waals surface area contributed by atoms with E-state index in [9.17, 15) is 0 Å². The van der Waals surface area contributed by atoms with E-state index >= 15 is 0 Å². The van der Waals surface area contributed by atoms with Gasteiger partial charge in [-0.2, -0.15) is 0 Å². The van der Waals surface area contributed by atoms with E-state index in [1.54, 1.807) is 26.4 Å². The normalized spacial score (nSPS) is 10.2. The summed E-state index contributed by atoms with van der Waals surface area (Å²) in [4.78, 5) is 0. The Balaban J connectivity index is 1.46. The second-order valence-corrected chi connectivity index (χ2v) is 7.06. The summed E-state index contributed by atoms with van der Waals surface area (Å²) in [6.07, 6.45) is 0.799. The number of hydrogen-bond donors (Lipinski definition) is 3. The molecule has 0 aliphatic carbocycles. The van der Waals surface area contributed by atoms with Gasteiger partial charge in [-0.1, -0.05) is 17.7 Å². The molecule has 0 radical (unpaired) electrons. The lowest BCUT2D eigenvalue weighted by Crippen LogP contribution is -2.30. The molecule has 3 N–H and O–H groups in total. The minimum Gasteiger partial charge on any atom is -0.493 e. The van der Waals surface area contributed by atoms with E-state index in [0.29, 0.717) is 34.1 Å². The summed E-state index contributed by atoms with van der Waals surface area (Å²) in [6.45, 7) is 0.691. The van der Waals surface area contributed by atoms with Crippen molar-refractivity contribution < 1.29 is 9.47 Å². The summed E-state index contributed by atoms with van der Waals surface area (Å²) in [5.41, 5.74) is 2.89. The van der Waals surface area contributed by atoms with Gasteiger partial charge in [-0.05, 0) is 72.7 Å². The third-order valence-corrected chi connectivity index (χ3v) is 4.64. The highest BCUT2D eigenvalue weighted by Gasteiger charge is 2.05. The second-order valence-electron chi connectivity index (χ2n) is 6.26. The van der Waals surface area contributed by atoms with Crippen LogP contribution in [0.4, 0.5) is 17.2 Å². The van der Waals surface area contributed by atoms with E-state index in [1.165, 1.54) is 0 Å². The molecule has 1 aromatic heterocycles. The molecule has 156 valence electrons. The first kappa shape index (κ1) is 21.6. The van der Waals surface area contributed by atoms with Crippen molar-refractivity contribution in [3.05, 3.63) is 65.3 Å². The number of anilines is 3. The van der Waals surface area contributed by atoms with E-state index in [2.05, 4.69) is 26.1 Å². The van der Waals surface area contributed by atoms with Crippen molar-refractivity contribution in [2.45, 2.75) is 6.42 Å². The Morgan fingerprint density at radius 1 is 0.933 bits per heavy atom. The molecule has 3 aromatic rings. The highest BCUT2D eigenvalue weighted by atomic mass is 35.5. The average Bonchev–Trinajstić information content (AvgIpc) is 2.76. The molecule has 0 aliphatic rings.